The van der Waals surface area contributed by atoms with Crippen LogP contribution in [0.5, 0.6) is 0 Å². The van der Waals surface area contributed by atoms with Crippen LogP contribution in [-0.2, 0) is 19.0 Å². The van der Waals surface area contributed by atoms with Crippen LogP contribution in [0.15, 0.2) is 48.5 Å². The van der Waals surface area contributed by atoms with Crippen LogP contribution in [0.25, 0.3) is 0 Å². The van der Waals surface area contributed by atoms with Crippen LogP contribution in [-0.4, -0.2) is 47.0 Å². The van der Waals surface area contributed by atoms with Gasteiger partial charge in [-0.05, 0) is 55.7 Å². The van der Waals surface area contributed by atoms with E-state index in [4.69, 9.17) is 4.98 Å². The summed E-state index contributed by atoms with van der Waals surface area (Å²) in [5.41, 5.74) is 1.82. The van der Waals surface area contributed by atoms with Crippen molar-refractivity contribution in [3.05, 3.63) is 88.1 Å². The van der Waals surface area contributed by atoms with Crippen LogP contribution in [0, 0.1) is 12.7 Å². The lowest BCUT2D eigenvalue weighted by molar-refractivity contribution is -0.137. The van der Waals surface area contributed by atoms with Crippen molar-refractivity contribution in [3.63, 3.8) is 0 Å². The summed E-state index contributed by atoms with van der Waals surface area (Å²) in [6.07, 6.45) is -2.71. The van der Waals surface area contributed by atoms with Gasteiger partial charge in [0, 0.05) is 49.4 Å². The number of carbonyl (C=O) groups excluding carboxylic acids is 1. The van der Waals surface area contributed by atoms with Crippen molar-refractivity contribution >= 4 is 11.7 Å². The van der Waals surface area contributed by atoms with Gasteiger partial charge in [-0.25, -0.2) is 14.4 Å². The molecule has 1 saturated heterocycles. The third-order valence-corrected chi connectivity index (χ3v) is 6.31. The Bertz CT molecular complexity index is 1240. The summed E-state index contributed by atoms with van der Waals surface area (Å²) in [4.78, 5) is 26.1. The van der Waals surface area contributed by atoms with Crippen molar-refractivity contribution in [3.8, 4) is 0 Å². The highest BCUT2D eigenvalue weighted by molar-refractivity contribution is 5.94. The largest absolute Gasteiger partial charge is 0.416 e. The Hall–Kier alpha value is -3.49. The molecule has 0 bridgehead atoms. The van der Waals surface area contributed by atoms with Crippen molar-refractivity contribution in [2.75, 3.05) is 31.1 Å². The molecular weight excluding hydrogens is 472 g/mol. The highest BCUT2D eigenvalue weighted by Crippen LogP contribution is 2.30. The van der Waals surface area contributed by atoms with Gasteiger partial charge in [0.15, 0.2) is 0 Å². The Labute approximate surface area is 207 Å². The highest BCUT2D eigenvalue weighted by Gasteiger charge is 2.31. The third-order valence-electron chi connectivity index (χ3n) is 6.31. The topological polar surface area (TPSA) is 49.3 Å². The van der Waals surface area contributed by atoms with Crippen molar-refractivity contribution < 1.29 is 22.4 Å². The predicted octanol–water partition coefficient (Wildman–Crippen LogP) is 5.45. The zero-order chi connectivity index (χ0) is 25.9. The quantitative estimate of drug-likeness (QED) is 0.438. The van der Waals surface area contributed by atoms with Gasteiger partial charge in [0.1, 0.15) is 17.5 Å². The van der Waals surface area contributed by atoms with Crippen LogP contribution in [0.3, 0.4) is 0 Å². The maximum atomic E-state index is 13.8. The minimum Gasteiger partial charge on any atom is -0.354 e. The van der Waals surface area contributed by atoms with E-state index in [1.807, 2.05) is 19.9 Å². The maximum absolute atomic E-state index is 13.8. The van der Waals surface area contributed by atoms with Crippen LogP contribution in [0.1, 0.15) is 51.9 Å². The maximum Gasteiger partial charge on any atom is 0.416 e. The normalized spacial score (nSPS) is 14.6. The first-order valence-electron chi connectivity index (χ1n) is 12.0. The molecule has 2 aromatic carbocycles. The molecule has 0 saturated carbocycles. The number of rotatable bonds is 5. The molecule has 0 atom stereocenters. The first-order valence-corrected chi connectivity index (χ1v) is 12.0. The molecule has 4 rings (SSSR count). The van der Waals surface area contributed by atoms with Crippen LogP contribution < -0.4 is 4.90 Å². The average molecular weight is 501 g/mol. The number of alkyl halides is 3. The number of hydrogen-bond donors (Lipinski definition) is 0. The molecule has 1 aliphatic heterocycles. The number of hydrogen-bond acceptors (Lipinski definition) is 4. The number of halogens is 4. The smallest absolute Gasteiger partial charge is 0.354 e. The van der Waals surface area contributed by atoms with E-state index >= 15 is 0 Å². The molecule has 0 radical (unpaired) electrons. The second kappa shape index (κ2) is 10.6. The monoisotopic (exact) mass is 500 g/mol. The van der Waals surface area contributed by atoms with Gasteiger partial charge < -0.3 is 9.80 Å². The molecule has 1 aliphatic rings. The van der Waals surface area contributed by atoms with E-state index < -0.39 is 17.6 Å². The van der Waals surface area contributed by atoms with Crippen molar-refractivity contribution in [1.29, 1.82) is 0 Å². The van der Waals surface area contributed by atoms with Crippen LogP contribution in [0.2, 0.25) is 0 Å². The standard InChI is InChI=1S/C27H28F4N4O/c1-3-24-23(16-19-7-4-10-22(28)15-19)25(33-18(2)32-24)34-11-6-12-35(14-13-34)26(36)20-8-5-9-21(17-20)27(29,30)31/h4-5,7-10,15,17H,3,6,11-14,16H2,1-2H3. The lowest BCUT2D eigenvalue weighted by atomic mass is 10.0. The molecule has 0 aliphatic carbocycles. The molecule has 2 heterocycles. The molecule has 36 heavy (non-hydrogen) atoms. The van der Waals surface area contributed by atoms with E-state index in [2.05, 4.69) is 9.88 Å². The molecule has 3 aromatic rings. The number of nitrogens with zero attached hydrogens (tertiary/aromatic N) is 4. The molecule has 1 aromatic heterocycles. The van der Waals surface area contributed by atoms with Gasteiger partial charge in [-0.3, -0.25) is 4.79 Å². The zero-order valence-corrected chi connectivity index (χ0v) is 20.3. The summed E-state index contributed by atoms with van der Waals surface area (Å²) in [7, 11) is 0. The summed E-state index contributed by atoms with van der Waals surface area (Å²) in [6, 6.07) is 11.0. The molecule has 0 spiro atoms. The molecule has 9 heteroatoms. The SMILES string of the molecule is CCc1nc(C)nc(N2CCCN(C(=O)c3cccc(C(F)(F)F)c3)CC2)c1Cc1cccc(F)c1. The molecule has 5 nitrogen and oxygen atoms in total. The number of amides is 1. The van der Waals surface area contributed by atoms with Crippen molar-refractivity contribution in [1.82, 2.24) is 14.9 Å². The number of benzene rings is 2. The van der Waals surface area contributed by atoms with Gasteiger partial charge in [0.25, 0.3) is 5.91 Å². The highest BCUT2D eigenvalue weighted by atomic mass is 19.4. The third kappa shape index (κ3) is 5.83. The Morgan fingerprint density at radius 2 is 1.78 bits per heavy atom. The number of aryl methyl sites for hydroxylation is 2. The Kier molecular flexibility index (Phi) is 7.56. The first-order chi connectivity index (χ1) is 17.2. The van der Waals surface area contributed by atoms with Crippen molar-refractivity contribution in [2.45, 2.75) is 39.3 Å². The minimum absolute atomic E-state index is 0.0243. The fourth-order valence-electron chi connectivity index (χ4n) is 4.57. The van der Waals surface area contributed by atoms with E-state index in [0.717, 1.165) is 34.8 Å². The second-order valence-corrected chi connectivity index (χ2v) is 8.89. The summed E-state index contributed by atoms with van der Waals surface area (Å²) >= 11 is 0. The van der Waals surface area contributed by atoms with Gasteiger partial charge in [-0.2, -0.15) is 13.2 Å². The first kappa shape index (κ1) is 25.6. The molecule has 190 valence electrons. The average Bonchev–Trinajstić information content (AvgIpc) is 3.10. The van der Waals surface area contributed by atoms with Crippen molar-refractivity contribution in [2.24, 2.45) is 0 Å². The zero-order valence-electron chi connectivity index (χ0n) is 20.3. The van der Waals surface area contributed by atoms with E-state index in [9.17, 15) is 22.4 Å². The molecular formula is C27H28F4N4O. The van der Waals surface area contributed by atoms with Gasteiger partial charge in [-0.1, -0.05) is 25.1 Å². The molecule has 0 N–H and O–H groups in total. The lowest BCUT2D eigenvalue weighted by Gasteiger charge is -2.26. The van der Waals surface area contributed by atoms with Gasteiger partial charge >= 0.3 is 6.18 Å². The number of carbonyl (C=O) groups is 1. The van der Waals surface area contributed by atoms with Gasteiger partial charge in [0.05, 0.1) is 5.56 Å². The van der Waals surface area contributed by atoms with Crippen LogP contribution in [0.4, 0.5) is 23.4 Å². The predicted molar refractivity (Wildman–Crippen MR) is 130 cm³/mol. The Morgan fingerprint density at radius 1 is 1.00 bits per heavy atom. The minimum atomic E-state index is -4.51. The summed E-state index contributed by atoms with van der Waals surface area (Å²) in [6.45, 7) is 5.71. The van der Waals surface area contributed by atoms with E-state index in [1.165, 1.54) is 24.3 Å². The Balaban J connectivity index is 1.58. The van der Waals surface area contributed by atoms with E-state index in [1.54, 1.807) is 11.0 Å². The fourth-order valence-corrected chi connectivity index (χ4v) is 4.57. The summed E-state index contributed by atoms with van der Waals surface area (Å²) in [5, 5.41) is 0. The Morgan fingerprint density at radius 3 is 2.50 bits per heavy atom. The van der Waals surface area contributed by atoms with Gasteiger partial charge in [-0.15, -0.1) is 0 Å². The number of anilines is 1. The molecule has 0 unspecified atom stereocenters. The molecule has 1 fully saturated rings. The summed E-state index contributed by atoms with van der Waals surface area (Å²) in [5.74, 6) is 0.665. The lowest BCUT2D eigenvalue weighted by Crippen LogP contribution is -2.36. The molecule has 1 amide bonds. The number of aromatic nitrogens is 2. The fraction of sp³-hybridized carbons (Fsp3) is 0.370. The second-order valence-electron chi connectivity index (χ2n) is 8.89. The van der Waals surface area contributed by atoms with E-state index in [-0.39, 0.29) is 11.4 Å². The van der Waals surface area contributed by atoms with Gasteiger partial charge in [0.2, 0.25) is 0 Å². The summed E-state index contributed by atoms with van der Waals surface area (Å²) < 4.78 is 53.2. The van der Waals surface area contributed by atoms with Crippen LogP contribution >= 0.6 is 0 Å². The van der Waals surface area contributed by atoms with E-state index in [0.29, 0.717) is 51.3 Å².